The summed E-state index contributed by atoms with van der Waals surface area (Å²) < 4.78 is 18.6. The molecule has 7 heteroatoms. The summed E-state index contributed by atoms with van der Waals surface area (Å²) >= 11 is 0. The predicted octanol–water partition coefficient (Wildman–Crippen LogP) is 3.53. The molecule has 0 saturated carbocycles. The quantitative estimate of drug-likeness (QED) is 0.705. The number of rotatable bonds is 2. The molecule has 1 atom stereocenters. The molecule has 2 aromatic carbocycles. The number of phenolic OH excluding ortho intramolecular Hbond substituents is 1. The Morgan fingerprint density at radius 2 is 2.07 bits per heavy atom. The van der Waals surface area contributed by atoms with Crippen LogP contribution in [0.5, 0.6) is 23.0 Å². The molecule has 0 fully saturated rings. The summed E-state index contributed by atoms with van der Waals surface area (Å²) in [5, 5.41) is 13.8. The van der Waals surface area contributed by atoms with Gasteiger partial charge in [-0.3, -0.25) is 0 Å². The average molecular weight is 387 g/mol. The van der Waals surface area contributed by atoms with Gasteiger partial charge in [0, 0.05) is 18.4 Å². The molecule has 3 aromatic rings. The van der Waals surface area contributed by atoms with Gasteiger partial charge in [0.25, 0.3) is 0 Å². The molecule has 0 radical (unpaired) electrons. The molecular weight excluding hydrogens is 368 g/mol. The van der Waals surface area contributed by atoms with Crippen LogP contribution in [0.4, 0.5) is 0 Å². The zero-order chi connectivity index (χ0) is 17.7. The van der Waals surface area contributed by atoms with Crippen molar-refractivity contribution < 1.29 is 19.3 Å². The Hall–Kier alpha value is -2.83. The maximum atomic E-state index is 10.2. The molecule has 0 saturated heterocycles. The second-order valence-electron chi connectivity index (χ2n) is 6.36. The highest BCUT2D eigenvalue weighted by Crippen LogP contribution is 2.43. The fourth-order valence-electron chi connectivity index (χ4n) is 3.73. The molecule has 6 nitrogen and oxygen atoms in total. The number of fused-ring (bicyclic) bond motifs is 5. The third-order valence-electron chi connectivity index (χ3n) is 4.95. The predicted molar refractivity (Wildman–Crippen MR) is 102 cm³/mol. The fourth-order valence-corrected chi connectivity index (χ4v) is 3.73. The highest BCUT2D eigenvalue weighted by molar-refractivity contribution is 5.85. The second-order valence-corrected chi connectivity index (χ2v) is 6.36. The molecular formula is C20H19ClN2O4. The Balaban J connectivity index is 0.00000180. The highest BCUT2D eigenvalue weighted by atomic mass is 35.5. The first-order valence-electron chi connectivity index (χ1n) is 8.45. The molecule has 0 amide bonds. The number of halogens is 1. The van der Waals surface area contributed by atoms with Gasteiger partial charge in [-0.05, 0) is 41.5 Å². The van der Waals surface area contributed by atoms with Crippen LogP contribution in [-0.2, 0) is 6.54 Å². The molecule has 140 valence electrons. The molecule has 2 aliphatic rings. The number of aromatic hydroxyl groups is 1. The minimum absolute atomic E-state index is 0. The number of aromatic nitrogens is 1. The lowest BCUT2D eigenvalue weighted by molar-refractivity contribution is 0.173. The van der Waals surface area contributed by atoms with Gasteiger partial charge < -0.3 is 29.2 Å². The SMILES string of the molecule is COc1ccc(C2NCc3ccc4c(c3-n3cccc32)OCO4)cc1O.Cl. The number of phenols is 1. The van der Waals surface area contributed by atoms with E-state index in [1.54, 1.807) is 19.2 Å². The van der Waals surface area contributed by atoms with Gasteiger partial charge in [-0.25, -0.2) is 0 Å². The van der Waals surface area contributed by atoms with Crippen molar-refractivity contribution in [2.45, 2.75) is 12.6 Å². The first kappa shape index (κ1) is 17.6. The third kappa shape index (κ3) is 2.69. The molecule has 27 heavy (non-hydrogen) atoms. The van der Waals surface area contributed by atoms with Crippen molar-refractivity contribution in [1.82, 2.24) is 9.88 Å². The Kier molecular flexibility index (Phi) is 4.37. The van der Waals surface area contributed by atoms with Crippen LogP contribution in [0.1, 0.15) is 22.9 Å². The summed E-state index contributed by atoms with van der Waals surface area (Å²) in [6.45, 7) is 0.913. The Bertz CT molecular complexity index is 1000. The first-order valence-corrected chi connectivity index (χ1v) is 8.45. The lowest BCUT2D eigenvalue weighted by Gasteiger charge is -2.19. The molecule has 0 spiro atoms. The van der Waals surface area contributed by atoms with Crippen molar-refractivity contribution in [1.29, 1.82) is 0 Å². The van der Waals surface area contributed by atoms with Crippen LogP contribution in [0.15, 0.2) is 48.7 Å². The summed E-state index contributed by atoms with van der Waals surface area (Å²) in [5.41, 5.74) is 4.17. The van der Waals surface area contributed by atoms with E-state index >= 15 is 0 Å². The fraction of sp³-hybridized carbons (Fsp3) is 0.200. The topological polar surface area (TPSA) is 64.9 Å². The second kappa shape index (κ2) is 6.72. The van der Waals surface area contributed by atoms with Gasteiger partial charge in [-0.2, -0.15) is 0 Å². The third-order valence-corrected chi connectivity index (χ3v) is 4.95. The number of nitrogens with zero attached hydrogens (tertiary/aromatic N) is 1. The van der Waals surface area contributed by atoms with Gasteiger partial charge in [0.15, 0.2) is 23.0 Å². The van der Waals surface area contributed by atoms with Gasteiger partial charge in [-0.1, -0.05) is 12.1 Å². The van der Waals surface area contributed by atoms with Crippen LogP contribution in [-0.4, -0.2) is 23.6 Å². The number of hydrogen-bond donors (Lipinski definition) is 2. The van der Waals surface area contributed by atoms with Crippen molar-refractivity contribution >= 4 is 12.4 Å². The number of benzene rings is 2. The van der Waals surface area contributed by atoms with Crippen LogP contribution in [0.3, 0.4) is 0 Å². The Morgan fingerprint density at radius 1 is 1.19 bits per heavy atom. The van der Waals surface area contributed by atoms with Crippen molar-refractivity contribution in [3.63, 3.8) is 0 Å². The van der Waals surface area contributed by atoms with Crippen molar-refractivity contribution in [3.8, 4) is 28.7 Å². The van der Waals surface area contributed by atoms with Crippen molar-refractivity contribution in [2.24, 2.45) is 0 Å². The number of nitrogens with one attached hydrogen (secondary N) is 1. The van der Waals surface area contributed by atoms with E-state index in [0.717, 1.165) is 34.0 Å². The maximum absolute atomic E-state index is 10.2. The van der Waals surface area contributed by atoms with Gasteiger partial charge >= 0.3 is 0 Å². The summed E-state index contributed by atoms with van der Waals surface area (Å²) in [7, 11) is 1.54. The number of hydrogen-bond acceptors (Lipinski definition) is 5. The minimum atomic E-state index is -0.0767. The van der Waals surface area contributed by atoms with E-state index in [1.165, 1.54) is 0 Å². The van der Waals surface area contributed by atoms with Crippen LogP contribution >= 0.6 is 12.4 Å². The molecule has 5 rings (SSSR count). The van der Waals surface area contributed by atoms with Crippen LogP contribution in [0, 0.1) is 0 Å². The first-order chi connectivity index (χ1) is 12.8. The molecule has 0 bridgehead atoms. The molecule has 1 unspecified atom stereocenters. The Morgan fingerprint density at radius 3 is 2.89 bits per heavy atom. The normalized spacial score (nSPS) is 16.7. The molecule has 2 N–H and O–H groups in total. The van der Waals surface area contributed by atoms with Gasteiger partial charge in [-0.15, -0.1) is 12.4 Å². The van der Waals surface area contributed by atoms with E-state index < -0.39 is 0 Å². The van der Waals surface area contributed by atoms with Gasteiger partial charge in [0.2, 0.25) is 6.79 Å². The largest absolute Gasteiger partial charge is 0.504 e. The molecule has 0 aliphatic carbocycles. The lowest BCUT2D eigenvalue weighted by atomic mass is 10.0. The standard InChI is InChI=1S/C20H18N2O4.ClH/c1-24-16-6-4-12(9-15(16)23)18-14-3-2-8-22(14)19-13(10-21-18)5-7-17-20(19)26-11-25-17;/h2-9,18,21,23H,10-11H2,1H3;1H. The van der Waals surface area contributed by atoms with Crippen LogP contribution in [0.2, 0.25) is 0 Å². The highest BCUT2D eigenvalue weighted by Gasteiger charge is 2.29. The maximum Gasteiger partial charge on any atom is 0.231 e. The zero-order valence-corrected chi connectivity index (χ0v) is 15.5. The molecule has 1 aromatic heterocycles. The van der Waals surface area contributed by atoms with Gasteiger partial charge in [0.05, 0.1) is 18.8 Å². The summed E-state index contributed by atoms with van der Waals surface area (Å²) in [4.78, 5) is 0. The van der Waals surface area contributed by atoms with Crippen LogP contribution < -0.4 is 19.5 Å². The van der Waals surface area contributed by atoms with Crippen LogP contribution in [0.25, 0.3) is 5.69 Å². The minimum Gasteiger partial charge on any atom is -0.504 e. The molecule has 3 heterocycles. The smallest absolute Gasteiger partial charge is 0.231 e. The Labute approximate surface area is 162 Å². The summed E-state index contributed by atoms with van der Waals surface area (Å²) in [5.74, 6) is 2.14. The summed E-state index contributed by atoms with van der Waals surface area (Å²) in [6, 6.07) is 13.5. The van der Waals surface area contributed by atoms with E-state index in [4.69, 9.17) is 14.2 Å². The van der Waals surface area contributed by atoms with E-state index in [2.05, 4.69) is 22.0 Å². The van der Waals surface area contributed by atoms with Gasteiger partial charge in [0.1, 0.15) is 0 Å². The number of methoxy groups -OCH3 is 1. The average Bonchev–Trinajstić information content (AvgIpc) is 3.29. The molecule has 2 aliphatic heterocycles. The van der Waals surface area contributed by atoms with E-state index in [1.807, 2.05) is 24.4 Å². The van der Waals surface area contributed by atoms with Crippen molar-refractivity contribution in [2.75, 3.05) is 13.9 Å². The summed E-state index contributed by atoms with van der Waals surface area (Å²) in [6.07, 6.45) is 2.03. The van der Waals surface area contributed by atoms with Crippen molar-refractivity contribution in [3.05, 3.63) is 65.5 Å². The number of ether oxygens (including phenoxy) is 3. The lowest BCUT2D eigenvalue weighted by Crippen LogP contribution is -2.21. The van der Waals surface area contributed by atoms with E-state index in [0.29, 0.717) is 12.3 Å². The van der Waals surface area contributed by atoms with E-state index in [9.17, 15) is 5.11 Å². The zero-order valence-electron chi connectivity index (χ0n) is 14.6. The monoisotopic (exact) mass is 386 g/mol. The van der Waals surface area contributed by atoms with E-state index in [-0.39, 0.29) is 31.0 Å².